The van der Waals surface area contributed by atoms with E-state index in [4.69, 9.17) is 0 Å². The minimum atomic E-state index is 0. The van der Waals surface area contributed by atoms with E-state index in [1.54, 1.807) is 0 Å². The molecule has 0 amide bonds. The van der Waals surface area contributed by atoms with Gasteiger partial charge in [-0.05, 0) is 12.3 Å². The van der Waals surface area contributed by atoms with E-state index >= 15 is 0 Å². The van der Waals surface area contributed by atoms with E-state index in [2.05, 4.69) is 31.2 Å². The largest absolute Gasteiger partial charge is 0.303 e. The molecule has 1 aromatic rings. The Labute approximate surface area is 136 Å². The second kappa shape index (κ2) is 8.22. The number of hydrogen-bond acceptors (Lipinski definition) is 1. The van der Waals surface area contributed by atoms with Crippen LogP contribution >= 0.6 is 0 Å². The molecule has 0 saturated heterocycles. The predicted molar refractivity (Wildman–Crippen MR) is 70.0 cm³/mol. The van der Waals surface area contributed by atoms with Gasteiger partial charge < -0.3 is 4.79 Å². The molecule has 0 unspecified atom stereocenters. The van der Waals surface area contributed by atoms with Crippen molar-refractivity contribution >= 4 is 6.29 Å². The van der Waals surface area contributed by atoms with Crippen molar-refractivity contribution in [2.24, 2.45) is 5.92 Å². The first kappa shape index (κ1) is 16.0. The zero-order chi connectivity index (χ0) is 12.1. The van der Waals surface area contributed by atoms with Crippen molar-refractivity contribution in [3.05, 3.63) is 35.4 Å². The molecule has 2 rings (SSSR count). The predicted octanol–water partition coefficient (Wildman–Crippen LogP) is 4.05. The standard InChI is InChI=1S/C16H21O.Y/c1-13-4-8-15(9-5-13)16-10-6-14(7-11-16)3-2-12-17;/h4,8-9,12,14,16H,2-3,6-7,10-11H2,1H3;/q-1;. The SMILES string of the molecule is Cc1[c-]cc(C2CCC(CCC=O)CC2)cc1.[Y]. The molecule has 1 aliphatic rings. The molecule has 0 aromatic heterocycles. The zero-order valence-electron chi connectivity index (χ0n) is 11.2. The van der Waals surface area contributed by atoms with Crippen LogP contribution in [0.2, 0.25) is 0 Å². The van der Waals surface area contributed by atoms with E-state index < -0.39 is 0 Å². The van der Waals surface area contributed by atoms with Crippen LogP contribution in [0.3, 0.4) is 0 Å². The molecule has 18 heavy (non-hydrogen) atoms. The fraction of sp³-hybridized carbons (Fsp3) is 0.562. The molecule has 0 bridgehead atoms. The van der Waals surface area contributed by atoms with Gasteiger partial charge >= 0.3 is 0 Å². The molecule has 1 aromatic carbocycles. The van der Waals surface area contributed by atoms with Gasteiger partial charge in [0.2, 0.25) is 0 Å². The van der Waals surface area contributed by atoms with Crippen LogP contribution in [0.5, 0.6) is 0 Å². The van der Waals surface area contributed by atoms with Crippen molar-refractivity contribution in [1.29, 1.82) is 0 Å². The minimum Gasteiger partial charge on any atom is -0.303 e. The quantitative estimate of drug-likeness (QED) is 0.605. The van der Waals surface area contributed by atoms with Gasteiger partial charge in [0, 0.05) is 39.1 Å². The van der Waals surface area contributed by atoms with E-state index in [1.807, 2.05) is 0 Å². The van der Waals surface area contributed by atoms with Gasteiger partial charge in [0.1, 0.15) is 6.29 Å². The van der Waals surface area contributed by atoms with Crippen LogP contribution in [0.4, 0.5) is 0 Å². The van der Waals surface area contributed by atoms with Crippen molar-refractivity contribution in [3.8, 4) is 0 Å². The first-order chi connectivity index (χ1) is 8.29. The Hall–Kier alpha value is -0.00610. The van der Waals surface area contributed by atoms with Crippen LogP contribution in [-0.4, -0.2) is 6.29 Å². The Morgan fingerprint density at radius 3 is 2.56 bits per heavy atom. The van der Waals surface area contributed by atoms with Crippen molar-refractivity contribution in [2.45, 2.75) is 51.4 Å². The Morgan fingerprint density at radius 2 is 2.00 bits per heavy atom. The Morgan fingerprint density at radius 1 is 1.28 bits per heavy atom. The summed E-state index contributed by atoms with van der Waals surface area (Å²) in [6.45, 7) is 2.08. The van der Waals surface area contributed by atoms with Gasteiger partial charge in [-0.3, -0.25) is 0 Å². The molecule has 1 aliphatic carbocycles. The van der Waals surface area contributed by atoms with Gasteiger partial charge in [0.15, 0.2) is 0 Å². The smallest absolute Gasteiger partial charge is 0.120 e. The third-order valence-corrected chi connectivity index (χ3v) is 4.00. The number of aldehydes is 1. The maximum atomic E-state index is 10.4. The van der Waals surface area contributed by atoms with E-state index in [-0.39, 0.29) is 32.7 Å². The summed E-state index contributed by atoms with van der Waals surface area (Å²) < 4.78 is 0. The number of carbonyl (C=O) groups excluding carboxylic acids is 1. The summed E-state index contributed by atoms with van der Waals surface area (Å²) in [5.74, 6) is 1.50. The maximum absolute atomic E-state index is 10.4. The molecule has 1 radical (unpaired) electrons. The summed E-state index contributed by atoms with van der Waals surface area (Å²) in [5, 5.41) is 0. The summed E-state index contributed by atoms with van der Waals surface area (Å²) >= 11 is 0. The van der Waals surface area contributed by atoms with Crippen molar-refractivity contribution in [3.63, 3.8) is 0 Å². The third kappa shape index (κ3) is 4.59. The molecule has 0 aliphatic heterocycles. The molecule has 1 nitrogen and oxygen atoms in total. The van der Waals surface area contributed by atoms with Gasteiger partial charge in [-0.25, -0.2) is 0 Å². The summed E-state index contributed by atoms with van der Waals surface area (Å²) in [6, 6.07) is 9.87. The number of rotatable bonds is 4. The average molecular weight is 318 g/mol. The summed E-state index contributed by atoms with van der Waals surface area (Å²) in [4.78, 5) is 10.4. The molecule has 0 atom stereocenters. The monoisotopic (exact) mass is 318 g/mol. The van der Waals surface area contributed by atoms with Gasteiger partial charge in [-0.2, -0.15) is 35.4 Å². The number of aryl methyl sites for hydroxylation is 1. The molecule has 1 fully saturated rings. The van der Waals surface area contributed by atoms with E-state index in [0.29, 0.717) is 0 Å². The summed E-state index contributed by atoms with van der Waals surface area (Å²) in [7, 11) is 0. The number of hydrogen-bond donors (Lipinski definition) is 0. The molecule has 0 heterocycles. The van der Waals surface area contributed by atoms with Crippen molar-refractivity contribution in [2.75, 3.05) is 0 Å². The Balaban J connectivity index is 0.00000162. The van der Waals surface area contributed by atoms with E-state index in [0.717, 1.165) is 31.0 Å². The average Bonchev–Trinajstić information content (AvgIpc) is 2.38. The van der Waals surface area contributed by atoms with Crippen LogP contribution in [0, 0.1) is 18.9 Å². The van der Waals surface area contributed by atoms with Gasteiger partial charge in [0.25, 0.3) is 0 Å². The molecule has 0 N–H and O–H groups in total. The molecule has 1 saturated carbocycles. The van der Waals surface area contributed by atoms with Gasteiger partial charge in [-0.15, -0.1) is 0 Å². The molecule has 0 spiro atoms. The number of carbonyl (C=O) groups is 1. The first-order valence-electron chi connectivity index (χ1n) is 6.71. The topological polar surface area (TPSA) is 17.1 Å². The second-order valence-corrected chi connectivity index (χ2v) is 5.27. The fourth-order valence-electron chi connectivity index (χ4n) is 2.86. The first-order valence-corrected chi connectivity index (χ1v) is 6.71. The second-order valence-electron chi connectivity index (χ2n) is 5.27. The third-order valence-electron chi connectivity index (χ3n) is 4.00. The van der Waals surface area contributed by atoms with E-state index in [1.165, 1.54) is 36.8 Å². The summed E-state index contributed by atoms with van der Waals surface area (Å²) in [6.07, 6.45) is 8.02. The zero-order valence-corrected chi connectivity index (χ0v) is 14.0. The Kier molecular flexibility index (Phi) is 7.33. The van der Waals surface area contributed by atoms with E-state index in [9.17, 15) is 4.79 Å². The molecule has 2 heteroatoms. The van der Waals surface area contributed by atoms with Crippen LogP contribution < -0.4 is 0 Å². The maximum Gasteiger partial charge on any atom is 0.120 e. The molecule has 95 valence electrons. The number of benzene rings is 1. The van der Waals surface area contributed by atoms with Crippen molar-refractivity contribution in [1.82, 2.24) is 0 Å². The van der Waals surface area contributed by atoms with Gasteiger partial charge in [0.05, 0.1) is 0 Å². The van der Waals surface area contributed by atoms with Crippen LogP contribution in [0.1, 0.15) is 55.6 Å². The normalized spacial score (nSPS) is 23.2. The van der Waals surface area contributed by atoms with Crippen molar-refractivity contribution < 1.29 is 37.5 Å². The molecular weight excluding hydrogens is 297 g/mol. The van der Waals surface area contributed by atoms with Crippen LogP contribution in [0.25, 0.3) is 0 Å². The van der Waals surface area contributed by atoms with Gasteiger partial charge in [-0.1, -0.05) is 38.5 Å². The fourth-order valence-corrected chi connectivity index (χ4v) is 2.86. The van der Waals surface area contributed by atoms with Crippen LogP contribution in [-0.2, 0) is 37.5 Å². The van der Waals surface area contributed by atoms with Crippen LogP contribution in [0.15, 0.2) is 18.2 Å². The molecular formula is C16H21OY-. The Bertz CT molecular complexity index is 350. The minimum absolute atomic E-state index is 0. The summed E-state index contributed by atoms with van der Waals surface area (Å²) in [5.41, 5.74) is 2.66.